The molecule has 2 aromatic carbocycles. The van der Waals surface area contributed by atoms with Gasteiger partial charge < -0.3 is 19.7 Å². The maximum atomic E-state index is 13.0. The molecule has 1 fully saturated rings. The molecule has 7 nitrogen and oxygen atoms in total. The fourth-order valence-electron chi connectivity index (χ4n) is 3.28. The van der Waals surface area contributed by atoms with E-state index in [1.165, 1.54) is 17.0 Å². The van der Waals surface area contributed by atoms with E-state index in [2.05, 4.69) is 5.32 Å². The lowest BCUT2D eigenvalue weighted by molar-refractivity contribution is -0.151. The molecule has 1 N–H and O–H groups in total. The van der Waals surface area contributed by atoms with E-state index in [0.29, 0.717) is 18.0 Å². The van der Waals surface area contributed by atoms with Gasteiger partial charge in [0.25, 0.3) is 5.91 Å². The number of nitrogens with one attached hydrogen (secondary N) is 1. The number of halogens is 3. The Labute approximate surface area is 182 Å². The monoisotopic (exact) mass is 450 g/mol. The average molecular weight is 450 g/mol. The highest BCUT2D eigenvalue weighted by atomic mass is 19.4. The van der Waals surface area contributed by atoms with Crippen LogP contribution < -0.4 is 15.0 Å². The number of nitrogens with zero attached hydrogens (tertiary/aromatic N) is 1. The van der Waals surface area contributed by atoms with Gasteiger partial charge >= 0.3 is 12.1 Å². The second kappa shape index (κ2) is 9.71. The number of rotatable bonds is 7. The smallest absolute Gasteiger partial charge is 0.418 e. The predicted molar refractivity (Wildman–Crippen MR) is 109 cm³/mol. The molecule has 3 rings (SSSR count). The van der Waals surface area contributed by atoms with Gasteiger partial charge in [0.05, 0.1) is 23.8 Å². The number of amides is 2. The van der Waals surface area contributed by atoms with Crippen molar-refractivity contribution in [2.75, 3.05) is 30.0 Å². The first-order valence-corrected chi connectivity index (χ1v) is 9.85. The molecule has 1 atom stereocenters. The normalized spacial score (nSPS) is 16.1. The van der Waals surface area contributed by atoms with Crippen molar-refractivity contribution in [2.45, 2.75) is 19.5 Å². The zero-order valence-electron chi connectivity index (χ0n) is 17.1. The zero-order valence-corrected chi connectivity index (χ0v) is 17.1. The molecule has 1 aliphatic rings. The van der Waals surface area contributed by atoms with Gasteiger partial charge in [0.2, 0.25) is 5.91 Å². The molecule has 1 heterocycles. The second-order valence-electron chi connectivity index (χ2n) is 7.03. The van der Waals surface area contributed by atoms with E-state index in [9.17, 15) is 27.6 Å². The minimum absolute atomic E-state index is 0.0736. The number of alkyl halides is 3. The van der Waals surface area contributed by atoms with Crippen LogP contribution in [0.1, 0.15) is 18.9 Å². The summed E-state index contributed by atoms with van der Waals surface area (Å²) in [6.45, 7) is 1.66. The van der Waals surface area contributed by atoms with Crippen molar-refractivity contribution in [2.24, 2.45) is 5.92 Å². The van der Waals surface area contributed by atoms with E-state index in [0.717, 1.165) is 12.1 Å². The van der Waals surface area contributed by atoms with Crippen molar-refractivity contribution in [3.05, 3.63) is 54.1 Å². The highest BCUT2D eigenvalue weighted by Gasteiger charge is 2.37. The fourth-order valence-corrected chi connectivity index (χ4v) is 3.28. The Bertz CT molecular complexity index is 992. The Morgan fingerprint density at radius 1 is 1.12 bits per heavy atom. The molecule has 0 aromatic heterocycles. The predicted octanol–water partition coefficient (Wildman–Crippen LogP) is 3.64. The summed E-state index contributed by atoms with van der Waals surface area (Å²) in [4.78, 5) is 38.1. The number of esters is 1. The van der Waals surface area contributed by atoms with Gasteiger partial charge in [-0.15, -0.1) is 0 Å². The molecule has 0 bridgehead atoms. The first kappa shape index (κ1) is 23.1. The van der Waals surface area contributed by atoms with Gasteiger partial charge in [0.1, 0.15) is 5.75 Å². The highest BCUT2D eigenvalue weighted by Crippen LogP contribution is 2.34. The lowest BCUT2D eigenvalue weighted by Crippen LogP contribution is -2.28. The van der Waals surface area contributed by atoms with Gasteiger partial charge in [-0.05, 0) is 43.3 Å². The van der Waals surface area contributed by atoms with Crippen molar-refractivity contribution in [1.29, 1.82) is 0 Å². The maximum absolute atomic E-state index is 13.0. The summed E-state index contributed by atoms with van der Waals surface area (Å²) in [5, 5.41) is 2.10. The lowest BCUT2D eigenvalue weighted by Gasteiger charge is -2.17. The standard InChI is InChI=1S/C22H21F3N2O5/c1-2-31-16-9-7-15(8-10-16)27-12-14(11-20(27)29)21(30)32-13-19(28)26-18-6-4-3-5-17(18)22(23,24)25/h3-10,14H,2,11-13H2,1H3,(H,26,28)/t14-/m0/s1. The summed E-state index contributed by atoms with van der Waals surface area (Å²) < 4.78 is 49.3. The molecule has 0 saturated carbocycles. The zero-order chi connectivity index (χ0) is 23.3. The number of hydrogen-bond donors (Lipinski definition) is 1. The molecule has 2 aromatic rings. The molecule has 0 spiro atoms. The van der Waals surface area contributed by atoms with Crippen LogP contribution in [0.15, 0.2) is 48.5 Å². The van der Waals surface area contributed by atoms with E-state index in [-0.39, 0.29) is 18.9 Å². The molecule has 170 valence electrons. The molecular formula is C22H21F3N2O5. The van der Waals surface area contributed by atoms with Crippen molar-refractivity contribution < 1.29 is 37.0 Å². The number of carbonyl (C=O) groups is 3. The van der Waals surface area contributed by atoms with Crippen LogP contribution in [0.5, 0.6) is 5.75 Å². The molecule has 1 saturated heterocycles. The van der Waals surface area contributed by atoms with Crippen LogP contribution in [-0.4, -0.2) is 37.5 Å². The summed E-state index contributed by atoms with van der Waals surface area (Å²) in [7, 11) is 0. The van der Waals surface area contributed by atoms with Gasteiger partial charge in [0, 0.05) is 18.7 Å². The maximum Gasteiger partial charge on any atom is 0.418 e. The van der Waals surface area contributed by atoms with Crippen LogP contribution in [0.2, 0.25) is 0 Å². The quantitative estimate of drug-likeness (QED) is 0.651. The van der Waals surface area contributed by atoms with Gasteiger partial charge in [-0.25, -0.2) is 0 Å². The number of carbonyl (C=O) groups excluding carboxylic acids is 3. The highest BCUT2D eigenvalue weighted by molar-refractivity contribution is 6.00. The van der Waals surface area contributed by atoms with E-state index in [4.69, 9.17) is 9.47 Å². The molecule has 32 heavy (non-hydrogen) atoms. The van der Waals surface area contributed by atoms with Crippen molar-refractivity contribution in [3.8, 4) is 5.75 Å². The van der Waals surface area contributed by atoms with Crippen molar-refractivity contribution >= 4 is 29.2 Å². The minimum atomic E-state index is -4.64. The molecule has 0 aliphatic carbocycles. The van der Waals surface area contributed by atoms with E-state index in [1.54, 1.807) is 24.3 Å². The van der Waals surface area contributed by atoms with E-state index < -0.39 is 41.8 Å². The van der Waals surface area contributed by atoms with Gasteiger partial charge in [-0.1, -0.05) is 12.1 Å². The summed E-state index contributed by atoms with van der Waals surface area (Å²) in [6, 6.07) is 11.3. The topological polar surface area (TPSA) is 84.9 Å². The van der Waals surface area contributed by atoms with Crippen LogP contribution in [0.4, 0.5) is 24.5 Å². The van der Waals surface area contributed by atoms with E-state index >= 15 is 0 Å². The summed E-state index contributed by atoms with van der Waals surface area (Å²) in [6.07, 6.45) is -4.74. The Kier molecular flexibility index (Phi) is 7.01. The Morgan fingerprint density at radius 3 is 2.47 bits per heavy atom. The van der Waals surface area contributed by atoms with Crippen LogP contribution in [0.3, 0.4) is 0 Å². The molecule has 0 radical (unpaired) electrons. The number of hydrogen-bond acceptors (Lipinski definition) is 5. The minimum Gasteiger partial charge on any atom is -0.494 e. The third kappa shape index (κ3) is 5.57. The third-order valence-corrected chi connectivity index (χ3v) is 4.77. The fraction of sp³-hybridized carbons (Fsp3) is 0.318. The first-order chi connectivity index (χ1) is 15.2. The number of para-hydroxylation sites is 1. The second-order valence-corrected chi connectivity index (χ2v) is 7.03. The number of anilines is 2. The summed E-state index contributed by atoms with van der Waals surface area (Å²) in [5.41, 5.74) is -0.846. The van der Waals surface area contributed by atoms with Gasteiger partial charge in [-0.2, -0.15) is 13.2 Å². The molecule has 2 amide bonds. The number of benzene rings is 2. The SMILES string of the molecule is CCOc1ccc(N2C[C@@H](C(=O)OCC(=O)Nc3ccccc3C(F)(F)F)CC2=O)cc1. The molecule has 10 heteroatoms. The van der Waals surface area contributed by atoms with Crippen LogP contribution in [-0.2, 0) is 25.3 Å². The Hall–Kier alpha value is -3.56. The lowest BCUT2D eigenvalue weighted by atomic mass is 10.1. The molecule has 0 unspecified atom stereocenters. The van der Waals surface area contributed by atoms with E-state index in [1.807, 2.05) is 6.92 Å². The van der Waals surface area contributed by atoms with Gasteiger partial charge in [-0.3, -0.25) is 14.4 Å². The van der Waals surface area contributed by atoms with Crippen molar-refractivity contribution in [3.63, 3.8) is 0 Å². The van der Waals surface area contributed by atoms with Crippen molar-refractivity contribution in [1.82, 2.24) is 0 Å². The molecular weight excluding hydrogens is 429 g/mol. The molecule has 1 aliphatic heterocycles. The largest absolute Gasteiger partial charge is 0.494 e. The Balaban J connectivity index is 1.54. The van der Waals surface area contributed by atoms with Crippen LogP contribution in [0.25, 0.3) is 0 Å². The number of ether oxygens (including phenoxy) is 2. The summed E-state index contributed by atoms with van der Waals surface area (Å²) in [5.74, 6) is -2.10. The average Bonchev–Trinajstić information content (AvgIpc) is 3.14. The van der Waals surface area contributed by atoms with Crippen LogP contribution >= 0.6 is 0 Å². The van der Waals surface area contributed by atoms with Crippen LogP contribution in [0, 0.1) is 5.92 Å². The third-order valence-electron chi connectivity index (χ3n) is 4.77. The van der Waals surface area contributed by atoms with Gasteiger partial charge in [0.15, 0.2) is 6.61 Å². The first-order valence-electron chi connectivity index (χ1n) is 9.85. The summed E-state index contributed by atoms with van der Waals surface area (Å²) >= 11 is 0. The Morgan fingerprint density at radius 2 is 1.81 bits per heavy atom.